The van der Waals surface area contributed by atoms with Crippen LogP contribution < -0.4 is 9.80 Å². The highest BCUT2D eigenvalue weighted by Crippen LogP contribution is 2.32. The topological polar surface area (TPSA) is 92.8 Å². The molecule has 0 aromatic heterocycles. The number of halogens is 2. The number of nitro benzene ring substituents is 2. The van der Waals surface area contributed by atoms with E-state index < -0.39 is 21.5 Å². The Morgan fingerprint density at radius 3 is 1.52 bits per heavy atom. The summed E-state index contributed by atoms with van der Waals surface area (Å²) >= 11 is 0. The molecule has 1 aliphatic rings. The van der Waals surface area contributed by atoms with Crippen molar-refractivity contribution in [1.29, 1.82) is 0 Å². The van der Waals surface area contributed by atoms with Gasteiger partial charge in [-0.2, -0.15) is 0 Å². The second kappa shape index (κ2) is 7.52. The Balaban J connectivity index is 1.85. The molecule has 0 aliphatic carbocycles. The molecule has 1 saturated heterocycles. The van der Waals surface area contributed by atoms with Gasteiger partial charge in [0.15, 0.2) is 0 Å². The van der Waals surface area contributed by atoms with Crippen LogP contribution in [-0.4, -0.2) is 36.0 Å². The van der Waals surface area contributed by atoms with E-state index in [1.54, 1.807) is 9.80 Å². The molecular weight excluding hydrogens is 362 g/mol. The molecule has 1 heterocycles. The molecule has 0 spiro atoms. The van der Waals surface area contributed by atoms with Gasteiger partial charge in [-0.05, 0) is 30.7 Å². The highest BCUT2D eigenvalue weighted by molar-refractivity contribution is 5.66. The molecular formula is C17H16F2N4O4. The van der Waals surface area contributed by atoms with Gasteiger partial charge < -0.3 is 9.80 Å². The summed E-state index contributed by atoms with van der Waals surface area (Å²) in [7, 11) is 0. The predicted molar refractivity (Wildman–Crippen MR) is 95.2 cm³/mol. The average Bonchev–Trinajstić information content (AvgIpc) is 2.87. The molecule has 0 amide bonds. The third kappa shape index (κ3) is 3.94. The van der Waals surface area contributed by atoms with Crippen LogP contribution in [0.1, 0.15) is 6.42 Å². The number of anilines is 2. The lowest BCUT2D eigenvalue weighted by atomic mass is 10.2. The van der Waals surface area contributed by atoms with Gasteiger partial charge in [0.05, 0.1) is 22.0 Å². The normalized spacial score (nSPS) is 14.7. The second-order valence-electron chi connectivity index (χ2n) is 6.11. The fourth-order valence-electron chi connectivity index (χ4n) is 3.22. The second-order valence-corrected chi connectivity index (χ2v) is 6.11. The molecule has 1 aliphatic heterocycles. The van der Waals surface area contributed by atoms with Crippen molar-refractivity contribution in [2.45, 2.75) is 6.42 Å². The van der Waals surface area contributed by atoms with Gasteiger partial charge in [-0.1, -0.05) is 0 Å². The molecule has 0 N–H and O–H groups in total. The van der Waals surface area contributed by atoms with E-state index >= 15 is 0 Å². The Bertz CT molecular complexity index is 822. The monoisotopic (exact) mass is 378 g/mol. The standard InChI is InChI=1S/C17H16F2N4O4/c18-12-2-4-14(16(10-12)22(24)25)20-6-1-7-21(9-8-20)15-5-3-13(19)11-17(15)23(26)27/h2-5,10-11H,1,6-9H2. The van der Waals surface area contributed by atoms with Crippen LogP contribution in [0.4, 0.5) is 31.5 Å². The Kier molecular flexibility index (Phi) is 5.15. The van der Waals surface area contributed by atoms with Gasteiger partial charge >= 0.3 is 0 Å². The van der Waals surface area contributed by atoms with Crippen molar-refractivity contribution in [1.82, 2.24) is 0 Å². The first-order chi connectivity index (χ1) is 12.9. The minimum absolute atomic E-state index is 0.303. The SMILES string of the molecule is O=[N+]([O-])c1cc(F)ccc1N1CCCN(c2ccc(F)cc2[N+](=O)[O-])CC1. The van der Waals surface area contributed by atoms with E-state index in [1.807, 2.05) is 0 Å². The number of benzene rings is 2. The number of nitro groups is 2. The maximum absolute atomic E-state index is 13.4. The first-order valence-electron chi connectivity index (χ1n) is 8.24. The number of hydrogen-bond acceptors (Lipinski definition) is 6. The first kappa shape index (κ1) is 18.5. The van der Waals surface area contributed by atoms with Crippen LogP contribution in [0.3, 0.4) is 0 Å². The van der Waals surface area contributed by atoms with Gasteiger partial charge in [0, 0.05) is 26.2 Å². The molecule has 10 heteroatoms. The van der Waals surface area contributed by atoms with Crippen LogP contribution in [0.5, 0.6) is 0 Å². The van der Waals surface area contributed by atoms with E-state index in [2.05, 4.69) is 0 Å². The molecule has 3 rings (SSSR count). The molecule has 27 heavy (non-hydrogen) atoms. The Labute approximate surface area is 152 Å². The van der Waals surface area contributed by atoms with Gasteiger partial charge in [0.1, 0.15) is 23.0 Å². The van der Waals surface area contributed by atoms with Crippen LogP contribution in [0, 0.1) is 31.9 Å². The van der Waals surface area contributed by atoms with Crippen LogP contribution in [0.25, 0.3) is 0 Å². The zero-order valence-corrected chi connectivity index (χ0v) is 14.2. The maximum Gasteiger partial charge on any atom is 0.295 e. The zero-order valence-electron chi connectivity index (χ0n) is 14.2. The van der Waals surface area contributed by atoms with Gasteiger partial charge in [-0.25, -0.2) is 8.78 Å². The third-order valence-electron chi connectivity index (χ3n) is 4.45. The molecule has 0 atom stereocenters. The molecule has 0 saturated carbocycles. The molecule has 1 fully saturated rings. The molecule has 0 unspecified atom stereocenters. The van der Waals surface area contributed by atoms with E-state index in [-0.39, 0.29) is 11.4 Å². The van der Waals surface area contributed by atoms with Crippen LogP contribution >= 0.6 is 0 Å². The first-order valence-corrected chi connectivity index (χ1v) is 8.24. The summed E-state index contributed by atoms with van der Waals surface area (Å²) < 4.78 is 26.7. The van der Waals surface area contributed by atoms with Crippen molar-refractivity contribution in [2.75, 3.05) is 36.0 Å². The van der Waals surface area contributed by atoms with Crippen molar-refractivity contribution in [3.63, 3.8) is 0 Å². The van der Waals surface area contributed by atoms with Crippen LogP contribution in [0.15, 0.2) is 36.4 Å². The molecule has 0 bridgehead atoms. The Hall–Kier alpha value is -3.30. The Morgan fingerprint density at radius 2 is 1.15 bits per heavy atom. The van der Waals surface area contributed by atoms with Gasteiger partial charge in [-0.15, -0.1) is 0 Å². The van der Waals surface area contributed by atoms with Gasteiger partial charge in [0.2, 0.25) is 0 Å². The van der Waals surface area contributed by atoms with Crippen molar-refractivity contribution in [3.8, 4) is 0 Å². The molecule has 142 valence electrons. The quantitative estimate of drug-likeness (QED) is 0.597. The average molecular weight is 378 g/mol. The predicted octanol–water partition coefficient (Wildman–Crippen LogP) is 3.50. The smallest absolute Gasteiger partial charge is 0.295 e. The van der Waals surface area contributed by atoms with E-state index in [4.69, 9.17) is 0 Å². The van der Waals surface area contributed by atoms with E-state index in [0.717, 1.165) is 24.3 Å². The highest BCUT2D eigenvalue weighted by Gasteiger charge is 2.26. The summed E-state index contributed by atoms with van der Waals surface area (Å²) in [4.78, 5) is 24.7. The van der Waals surface area contributed by atoms with Crippen LogP contribution in [0.2, 0.25) is 0 Å². The number of nitrogens with zero attached hydrogens (tertiary/aromatic N) is 4. The number of hydrogen-bond donors (Lipinski definition) is 0. The van der Waals surface area contributed by atoms with Crippen molar-refractivity contribution < 1.29 is 18.6 Å². The minimum atomic E-state index is -0.691. The van der Waals surface area contributed by atoms with Crippen molar-refractivity contribution in [2.24, 2.45) is 0 Å². The van der Waals surface area contributed by atoms with E-state index in [0.29, 0.717) is 44.0 Å². The van der Waals surface area contributed by atoms with Gasteiger partial charge in [0.25, 0.3) is 11.4 Å². The molecule has 2 aromatic rings. The summed E-state index contributed by atoms with van der Waals surface area (Å²) in [5.74, 6) is -1.38. The lowest BCUT2D eigenvalue weighted by Crippen LogP contribution is -2.31. The van der Waals surface area contributed by atoms with Gasteiger partial charge in [-0.3, -0.25) is 20.2 Å². The summed E-state index contributed by atoms with van der Waals surface area (Å²) in [6.07, 6.45) is 0.572. The molecule has 2 aromatic carbocycles. The lowest BCUT2D eigenvalue weighted by Gasteiger charge is -2.24. The summed E-state index contributed by atoms with van der Waals surface area (Å²) in [5.41, 5.74) is -0.0406. The van der Waals surface area contributed by atoms with Crippen LogP contribution in [-0.2, 0) is 0 Å². The van der Waals surface area contributed by atoms with Crippen molar-refractivity contribution in [3.05, 3.63) is 68.3 Å². The van der Waals surface area contributed by atoms with E-state index in [9.17, 15) is 29.0 Å². The van der Waals surface area contributed by atoms with E-state index in [1.165, 1.54) is 12.1 Å². The fourth-order valence-corrected chi connectivity index (χ4v) is 3.22. The fraction of sp³-hybridized carbons (Fsp3) is 0.294. The minimum Gasteiger partial charge on any atom is -0.364 e. The van der Waals surface area contributed by atoms with Crippen molar-refractivity contribution >= 4 is 22.7 Å². The highest BCUT2D eigenvalue weighted by atomic mass is 19.1. The Morgan fingerprint density at radius 1 is 0.741 bits per heavy atom. The lowest BCUT2D eigenvalue weighted by molar-refractivity contribution is -0.384. The summed E-state index contributed by atoms with van der Waals surface area (Å²) in [6.45, 7) is 1.64. The summed E-state index contributed by atoms with van der Waals surface area (Å²) in [5, 5.41) is 22.5. The maximum atomic E-state index is 13.4. The largest absolute Gasteiger partial charge is 0.364 e. The molecule has 0 radical (unpaired) electrons. The molecule has 8 nitrogen and oxygen atoms in total. The number of rotatable bonds is 4. The summed E-state index contributed by atoms with van der Waals surface area (Å²) in [6, 6.07) is 6.81. The third-order valence-corrected chi connectivity index (χ3v) is 4.45. The zero-order chi connectivity index (χ0) is 19.6.